The Labute approximate surface area is 134 Å². The summed E-state index contributed by atoms with van der Waals surface area (Å²) >= 11 is 0. The maximum Gasteiger partial charge on any atom is 0.271 e. The number of aliphatic hydroxyl groups is 1. The molecule has 0 saturated carbocycles. The standard InChI is InChI=1S/C15H20N6O2/c1-20(13(22)12-4-8-18-19-12)10-15(23)5-2-9-21(11-15)14-16-6-3-7-17-14/h3-4,6-8,23H,2,5,9-11H2,1H3,(H,18,19)/t15-/m1/s1. The van der Waals surface area contributed by atoms with Crippen molar-refractivity contribution in [2.45, 2.75) is 18.4 Å². The van der Waals surface area contributed by atoms with Crippen molar-refractivity contribution in [3.63, 3.8) is 0 Å². The first-order valence-electron chi connectivity index (χ1n) is 7.57. The first kappa shape index (κ1) is 15.4. The van der Waals surface area contributed by atoms with Crippen LogP contribution in [0.25, 0.3) is 0 Å². The number of carbonyl (C=O) groups is 1. The van der Waals surface area contributed by atoms with Gasteiger partial charge in [-0.05, 0) is 25.0 Å². The van der Waals surface area contributed by atoms with E-state index in [-0.39, 0.29) is 12.5 Å². The van der Waals surface area contributed by atoms with Crippen LogP contribution in [0.2, 0.25) is 0 Å². The maximum atomic E-state index is 12.3. The predicted molar refractivity (Wildman–Crippen MR) is 84.0 cm³/mol. The smallest absolute Gasteiger partial charge is 0.271 e. The van der Waals surface area contributed by atoms with Crippen molar-refractivity contribution in [2.24, 2.45) is 0 Å². The number of β-amino-alcohol motifs (C(OH)–C–C–N with tert-alkyl or cyclic N) is 1. The molecule has 1 aliphatic heterocycles. The van der Waals surface area contributed by atoms with E-state index < -0.39 is 5.60 Å². The zero-order chi connectivity index (χ0) is 16.3. The molecule has 8 heteroatoms. The predicted octanol–water partition coefficient (Wildman–Crippen LogP) is 0.303. The summed E-state index contributed by atoms with van der Waals surface area (Å²) in [4.78, 5) is 24.2. The molecule has 1 fully saturated rings. The minimum absolute atomic E-state index is 0.191. The molecule has 0 aliphatic carbocycles. The van der Waals surface area contributed by atoms with Crippen LogP contribution >= 0.6 is 0 Å². The molecule has 2 N–H and O–H groups in total. The summed E-state index contributed by atoms with van der Waals surface area (Å²) in [5, 5.41) is 17.3. The van der Waals surface area contributed by atoms with Gasteiger partial charge in [0.25, 0.3) is 5.91 Å². The average Bonchev–Trinajstić information content (AvgIpc) is 3.09. The third-order valence-corrected chi connectivity index (χ3v) is 4.00. The second-order valence-corrected chi connectivity index (χ2v) is 5.93. The number of aromatic amines is 1. The molecule has 2 aromatic rings. The van der Waals surface area contributed by atoms with Gasteiger partial charge in [0, 0.05) is 32.2 Å². The van der Waals surface area contributed by atoms with Crippen molar-refractivity contribution < 1.29 is 9.90 Å². The number of amides is 1. The molecule has 122 valence electrons. The highest BCUT2D eigenvalue weighted by atomic mass is 16.3. The van der Waals surface area contributed by atoms with E-state index in [2.05, 4.69) is 20.2 Å². The maximum absolute atomic E-state index is 12.3. The molecule has 3 rings (SSSR count). The highest BCUT2D eigenvalue weighted by molar-refractivity contribution is 5.92. The molecular formula is C15H20N6O2. The Hall–Kier alpha value is -2.48. The van der Waals surface area contributed by atoms with E-state index >= 15 is 0 Å². The normalized spacial score (nSPS) is 21.2. The molecule has 8 nitrogen and oxygen atoms in total. The van der Waals surface area contributed by atoms with E-state index in [0.29, 0.717) is 24.6 Å². The van der Waals surface area contributed by atoms with Crippen LogP contribution < -0.4 is 4.90 Å². The number of anilines is 1. The summed E-state index contributed by atoms with van der Waals surface area (Å²) in [6.07, 6.45) is 6.36. The second kappa shape index (κ2) is 6.33. The number of hydrogen-bond donors (Lipinski definition) is 2. The lowest BCUT2D eigenvalue weighted by Crippen LogP contribution is -2.55. The summed E-state index contributed by atoms with van der Waals surface area (Å²) in [6.45, 7) is 1.44. The molecule has 0 radical (unpaired) electrons. The lowest BCUT2D eigenvalue weighted by Gasteiger charge is -2.41. The number of nitrogens with one attached hydrogen (secondary N) is 1. The Balaban J connectivity index is 1.67. The van der Waals surface area contributed by atoms with E-state index in [4.69, 9.17) is 0 Å². The van der Waals surface area contributed by atoms with Crippen molar-refractivity contribution in [2.75, 3.05) is 31.6 Å². The summed E-state index contributed by atoms with van der Waals surface area (Å²) < 4.78 is 0. The lowest BCUT2D eigenvalue weighted by molar-refractivity contribution is -0.000441. The second-order valence-electron chi connectivity index (χ2n) is 5.93. The van der Waals surface area contributed by atoms with Crippen LogP contribution in [-0.4, -0.2) is 68.4 Å². The summed E-state index contributed by atoms with van der Waals surface area (Å²) in [5.74, 6) is 0.414. The fraction of sp³-hybridized carbons (Fsp3) is 0.467. The van der Waals surface area contributed by atoms with Gasteiger partial charge in [-0.2, -0.15) is 5.10 Å². The van der Waals surface area contributed by atoms with E-state index in [1.54, 1.807) is 31.6 Å². The van der Waals surface area contributed by atoms with Crippen LogP contribution in [-0.2, 0) is 0 Å². The largest absolute Gasteiger partial charge is 0.386 e. The molecule has 23 heavy (non-hydrogen) atoms. The first-order valence-corrected chi connectivity index (χ1v) is 7.57. The van der Waals surface area contributed by atoms with Gasteiger partial charge in [0.15, 0.2) is 0 Å². The van der Waals surface area contributed by atoms with Crippen LogP contribution in [0.4, 0.5) is 5.95 Å². The molecule has 0 spiro atoms. The fourth-order valence-corrected chi connectivity index (χ4v) is 2.96. The topological polar surface area (TPSA) is 98.2 Å². The van der Waals surface area contributed by atoms with Crippen molar-refractivity contribution in [1.29, 1.82) is 0 Å². The molecule has 3 heterocycles. The molecule has 1 saturated heterocycles. The van der Waals surface area contributed by atoms with Gasteiger partial charge in [0.1, 0.15) is 5.69 Å². The van der Waals surface area contributed by atoms with Gasteiger partial charge in [0.05, 0.1) is 18.7 Å². The molecule has 0 aromatic carbocycles. The van der Waals surface area contributed by atoms with Gasteiger partial charge in [-0.1, -0.05) is 0 Å². The zero-order valence-corrected chi connectivity index (χ0v) is 13.0. The number of likely N-dealkylation sites (N-methyl/N-ethyl adjacent to an activating group) is 1. The molecule has 0 bridgehead atoms. The highest BCUT2D eigenvalue weighted by Crippen LogP contribution is 2.24. The van der Waals surface area contributed by atoms with Crippen LogP contribution in [0.5, 0.6) is 0 Å². The van der Waals surface area contributed by atoms with Crippen molar-refractivity contribution in [3.05, 3.63) is 36.4 Å². The third-order valence-electron chi connectivity index (χ3n) is 4.00. The van der Waals surface area contributed by atoms with Gasteiger partial charge < -0.3 is 14.9 Å². The summed E-state index contributed by atoms with van der Waals surface area (Å²) in [7, 11) is 1.68. The Morgan fingerprint density at radius 2 is 2.22 bits per heavy atom. The molecule has 1 amide bonds. The van der Waals surface area contributed by atoms with E-state index in [1.165, 1.54) is 11.1 Å². The van der Waals surface area contributed by atoms with Gasteiger partial charge in [0.2, 0.25) is 5.95 Å². The zero-order valence-electron chi connectivity index (χ0n) is 13.0. The van der Waals surface area contributed by atoms with Crippen LogP contribution in [0, 0.1) is 0 Å². The van der Waals surface area contributed by atoms with Crippen LogP contribution in [0.3, 0.4) is 0 Å². The van der Waals surface area contributed by atoms with Crippen LogP contribution in [0.15, 0.2) is 30.7 Å². The molecule has 0 unspecified atom stereocenters. The van der Waals surface area contributed by atoms with Gasteiger partial charge in [-0.25, -0.2) is 9.97 Å². The Morgan fingerprint density at radius 3 is 2.91 bits per heavy atom. The minimum atomic E-state index is -0.984. The average molecular weight is 316 g/mol. The Morgan fingerprint density at radius 1 is 1.43 bits per heavy atom. The molecular weight excluding hydrogens is 296 g/mol. The summed E-state index contributed by atoms with van der Waals surface area (Å²) in [6, 6.07) is 3.38. The van der Waals surface area contributed by atoms with E-state index in [0.717, 1.165) is 13.0 Å². The fourth-order valence-electron chi connectivity index (χ4n) is 2.96. The van der Waals surface area contributed by atoms with Gasteiger partial charge in [-0.15, -0.1) is 0 Å². The number of hydrogen-bond acceptors (Lipinski definition) is 6. The monoisotopic (exact) mass is 316 g/mol. The molecule has 2 aromatic heterocycles. The molecule has 1 aliphatic rings. The summed E-state index contributed by atoms with van der Waals surface area (Å²) in [5.41, 5.74) is -0.572. The number of nitrogens with zero attached hydrogens (tertiary/aromatic N) is 5. The number of carbonyl (C=O) groups excluding carboxylic acids is 1. The number of piperidine rings is 1. The SMILES string of the molecule is CN(C[C@]1(O)CCCN(c2ncccn2)C1)C(=O)c1ccn[nH]1. The minimum Gasteiger partial charge on any atom is -0.386 e. The number of H-pyrrole nitrogens is 1. The first-order chi connectivity index (χ1) is 11.1. The quantitative estimate of drug-likeness (QED) is 0.842. The van der Waals surface area contributed by atoms with Gasteiger partial charge in [-0.3, -0.25) is 9.89 Å². The highest BCUT2D eigenvalue weighted by Gasteiger charge is 2.36. The van der Waals surface area contributed by atoms with E-state index in [9.17, 15) is 9.90 Å². The lowest BCUT2D eigenvalue weighted by atomic mass is 9.92. The Kier molecular flexibility index (Phi) is 4.24. The van der Waals surface area contributed by atoms with Gasteiger partial charge >= 0.3 is 0 Å². The third kappa shape index (κ3) is 3.48. The van der Waals surface area contributed by atoms with Crippen molar-refractivity contribution >= 4 is 11.9 Å². The van der Waals surface area contributed by atoms with Crippen molar-refractivity contribution in [1.82, 2.24) is 25.1 Å². The van der Waals surface area contributed by atoms with Crippen LogP contribution in [0.1, 0.15) is 23.3 Å². The van der Waals surface area contributed by atoms with Crippen molar-refractivity contribution in [3.8, 4) is 0 Å². The molecule has 1 atom stereocenters. The van der Waals surface area contributed by atoms with E-state index in [1.807, 2.05) is 4.90 Å². The number of aromatic nitrogens is 4. The Bertz CT molecular complexity index is 647. The number of rotatable bonds is 4.